The SMILES string of the molecule is CC(C)N(CCCCNS(=O)(=O)c1ccc(C(=O)N(Cc2ncc[nH]2)Cc2ncc[nH]2)cc1)C(C)C. The van der Waals surface area contributed by atoms with Crippen molar-refractivity contribution in [3.05, 3.63) is 66.3 Å². The Labute approximate surface area is 213 Å². The molecule has 0 spiro atoms. The minimum Gasteiger partial charge on any atom is -0.347 e. The van der Waals surface area contributed by atoms with Gasteiger partial charge in [-0.3, -0.25) is 9.69 Å². The summed E-state index contributed by atoms with van der Waals surface area (Å²) in [6.07, 6.45) is 8.31. The van der Waals surface area contributed by atoms with Crippen LogP contribution in [-0.2, 0) is 23.1 Å². The summed E-state index contributed by atoms with van der Waals surface area (Å²) in [6.45, 7) is 10.5. The summed E-state index contributed by atoms with van der Waals surface area (Å²) in [5.41, 5.74) is 0.384. The van der Waals surface area contributed by atoms with E-state index < -0.39 is 10.0 Å². The first-order valence-electron chi connectivity index (χ1n) is 12.3. The van der Waals surface area contributed by atoms with Crippen LogP contribution in [-0.4, -0.2) is 69.2 Å². The number of carbonyl (C=O) groups excluding carboxylic acids is 1. The molecule has 196 valence electrons. The molecule has 0 atom stereocenters. The van der Waals surface area contributed by atoms with E-state index in [-0.39, 0.29) is 23.9 Å². The highest BCUT2D eigenvalue weighted by Crippen LogP contribution is 2.15. The molecule has 10 nitrogen and oxygen atoms in total. The number of hydrogen-bond donors (Lipinski definition) is 3. The molecule has 0 aliphatic carbocycles. The van der Waals surface area contributed by atoms with Gasteiger partial charge in [0.25, 0.3) is 5.91 Å². The zero-order valence-electron chi connectivity index (χ0n) is 21.4. The summed E-state index contributed by atoms with van der Waals surface area (Å²) in [7, 11) is -3.66. The van der Waals surface area contributed by atoms with Gasteiger partial charge >= 0.3 is 0 Å². The fraction of sp³-hybridized carbons (Fsp3) is 0.480. The van der Waals surface area contributed by atoms with Crippen LogP contribution in [0.5, 0.6) is 0 Å². The van der Waals surface area contributed by atoms with Gasteiger partial charge in [0.05, 0.1) is 18.0 Å². The van der Waals surface area contributed by atoms with Crippen LogP contribution in [0.3, 0.4) is 0 Å². The van der Waals surface area contributed by atoms with Crippen molar-refractivity contribution < 1.29 is 13.2 Å². The Hall–Kier alpha value is -3.02. The average Bonchev–Trinajstić information content (AvgIpc) is 3.54. The highest BCUT2D eigenvalue weighted by atomic mass is 32.2. The molecule has 0 fully saturated rings. The predicted molar refractivity (Wildman–Crippen MR) is 139 cm³/mol. The monoisotopic (exact) mass is 515 g/mol. The summed E-state index contributed by atoms with van der Waals surface area (Å²) in [5.74, 6) is 1.03. The van der Waals surface area contributed by atoms with E-state index in [1.54, 1.807) is 29.7 Å². The Balaban J connectivity index is 1.59. The van der Waals surface area contributed by atoms with Crippen LogP contribution in [0.2, 0.25) is 0 Å². The molecule has 36 heavy (non-hydrogen) atoms. The van der Waals surface area contributed by atoms with E-state index >= 15 is 0 Å². The molecule has 2 aromatic heterocycles. The second-order valence-corrected chi connectivity index (χ2v) is 11.1. The molecule has 0 saturated heterocycles. The second kappa shape index (κ2) is 12.8. The van der Waals surface area contributed by atoms with Gasteiger partial charge in [0.2, 0.25) is 10.0 Å². The highest BCUT2D eigenvalue weighted by molar-refractivity contribution is 7.89. The number of imidazole rings is 2. The number of amides is 1. The minimum atomic E-state index is -3.66. The molecule has 2 heterocycles. The molecule has 0 radical (unpaired) electrons. The molecule has 0 bridgehead atoms. The number of nitrogens with zero attached hydrogens (tertiary/aromatic N) is 4. The smallest absolute Gasteiger partial charge is 0.254 e. The molecule has 1 amide bonds. The first-order valence-corrected chi connectivity index (χ1v) is 13.8. The van der Waals surface area contributed by atoms with Crippen molar-refractivity contribution >= 4 is 15.9 Å². The molecule has 0 aliphatic heterocycles. The van der Waals surface area contributed by atoms with E-state index in [4.69, 9.17) is 0 Å². The van der Waals surface area contributed by atoms with Crippen LogP contribution in [0.4, 0.5) is 0 Å². The third-order valence-electron chi connectivity index (χ3n) is 5.95. The van der Waals surface area contributed by atoms with Gasteiger partial charge in [0.15, 0.2) is 0 Å². The molecule has 0 saturated carbocycles. The van der Waals surface area contributed by atoms with Gasteiger partial charge in [-0.25, -0.2) is 23.1 Å². The predicted octanol–water partition coefficient (Wildman–Crippen LogP) is 3.15. The maximum atomic E-state index is 13.2. The van der Waals surface area contributed by atoms with Crippen LogP contribution in [0.1, 0.15) is 62.5 Å². The van der Waals surface area contributed by atoms with Crippen molar-refractivity contribution in [3.8, 4) is 0 Å². The number of sulfonamides is 1. The van der Waals surface area contributed by atoms with Crippen molar-refractivity contribution in [2.45, 2.75) is 70.6 Å². The second-order valence-electron chi connectivity index (χ2n) is 9.29. The van der Waals surface area contributed by atoms with Gasteiger partial charge in [0.1, 0.15) is 11.6 Å². The van der Waals surface area contributed by atoms with Gasteiger partial charge < -0.3 is 14.9 Å². The van der Waals surface area contributed by atoms with E-state index in [0.717, 1.165) is 19.4 Å². The van der Waals surface area contributed by atoms with Crippen LogP contribution in [0, 0.1) is 0 Å². The van der Waals surface area contributed by atoms with E-state index in [1.165, 1.54) is 24.3 Å². The lowest BCUT2D eigenvalue weighted by Crippen LogP contribution is -2.38. The fourth-order valence-corrected chi connectivity index (χ4v) is 5.19. The van der Waals surface area contributed by atoms with Gasteiger partial charge in [-0.15, -0.1) is 0 Å². The molecule has 1 aromatic carbocycles. The van der Waals surface area contributed by atoms with Crippen molar-refractivity contribution in [1.29, 1.82) is 0 Å². The van der Waals surface area contributed by atoms with Gasteiger partial charge in [-0.1, -0.05) is 0 Å². The zero-order chi connectivity index (χ0) is 26.1. The average molecular weight is 516 g/mol. The van der Waals surface area contributed by atoms with Gasteiger partial charge in [-0.2, -0.15) is 0 Å². The number of nitrogens with one attached hydrogen (secondary N) is 3. The van der Waals surface area contributed by atoms with Gasteiger partial charge in [-0.05, 0) is 71.3 Å². The summed E-state index contributed by atoms with van der Waals surface area (Å²) < 4.78 is 28.2. The number of H-pyrrole nitrogens is 2. The topological polar surface area (TPSA) is 127 Å². The molecule has 0 aliphatic rings. The first-order chi connectivity index (χ1) is 17.2. The Bertz CT molecular complexity index is 1110. The Kier molecular flexibility index (Phi) is 9.80. The third-order valence-corrected chi connectivity index (χ3v) is 7.43. The quantitative estimate of drug-likeness (QED) is 0.283. The van der Waals surface area contributed by atoms with Crippen LogP contribution in [0.15, 0.2) is 53.9 Å². The van der Waals surface area contributed by atoms with Crippen molar-refractivity contribution in [2.24, 2.45) is 0 Å². The molecule has 3 rings (SSSR count). The summed E-state index contributed by atoms with van der Waals surface area (Å²) in [5, 5.41) is 0. The normalized spacial score (nSPS) is 12.1. The third kappa shape index (κ3) is 7.74. The van der Waals surface area contributed by atoms with Crippen LogP contribution in [0.25, 0.3) is 0 Å². The highest BCUT2D eigenvalue weighted by Gasteiger charge is 2.20. The molecule has 3 N–H and O–H groups in total. The summed E-state index contributed by atoms with van der Waals surface area (Å²) in [4.78, 5) is 31.8. The van der Waals surface area contributed by atoms with Crippen molar-refractivity contribution in [1.82, 2.24) is 34.5 Å². The number of rotatable bonds is 14. The summed E-state index contributed by atoms with van der Waals surface area (Å²) >= 11 is 0. The maximum absolute atomic E-state index is 13.2. The van der Waals surface area contributed by atoms with Crippen molar-refractivity contribution in [2.75, 3.05) is 13.1 Å². The number of aromatic amines is 2. The molecular weight excluding hydrogens is 478 g/mol. The Morgan fingerprint density at radius 3 is 1.94 bits per heavy atom. The number of unbranched alkanes of at least 4 members (excludes halogenated alkanes) is 1. The Morgan fingerprint density at radius 1 is 0.917 bits per heavy atom. The van der Waals surface area contributed by atoms with Crippen LogP contribution >= 0.6 is 0 Å². The van der Waals surface area contributed by atoms with E-state index in [2.05, 4.69) is 57.3 Å². The number of hydrogen-bond acceptors (Lipinski definition) is 6. The lowest BCUT2D eigenvalue weighted by Gasteiger charge is -2.30. The van der Waals surface area contributed by atoms with E-state index in [1.807, 2.05) is 0 Å². The molecule has 3 aromatic rings. The van der Waals surface area contributed by atoms with E-state index in [0.29, 0.717) is 35.8 Å². The number of carbonyl (C=O) groups is 1. The van der Waals surface area contributed by atoms with Gasteiger partial charge in [0, 0.05) is 49.0 Å². The first kappa shape index (κ1) is 27.6. The summed E-state index contributed by atoms with van der Waals surface area (Å²) in [6, 6.07) is 6.92. The lowest BCUT2D eigenvalue weighted by atomic mass is 10.2. The van der Waals surface area contributed by atoms with Crippen LogP contribution < -0.4 is 4.72 Å². The molecule has 11 heteroatoms. The lowest BCUT2D eigenvalue weighted by molar-refractivity contribution is 0.0721. The fourth-order valence-electron chi connectivity index (χ4n) is 4.11. The minimum absolute atomic E-state index is 0.133. The number of benzene rings is 1. The largest absolute Gasteiger partial charge is 0.347 e. The van der Waals surface area contributed by atoms with E-state index in [9.17, 15) is 13.2 Å². The zero-order valence-corrected chi connectivity index (χ0v) is 22.3. The molecular formula is C25H37N7O3S. The molecule has 0 unspecified atom stereocenters. The Morgan fingerprint density at radius 2 is 1.47 bits per heavy atom. The maximum Gasteiger partial charge on any atom is 0.254 e. The number of aromatic nitrogens is 4. The standard InChI is InChI=1S/C25H37N7O3S/c1-19(2)32(20(3)4)16-6-5-11-30-36(34,35)22-9-7-21(8-10-22)25(33)31(17-23-26-12-13-27-23)18-24-28-14-15-29-24/h7-10,12-15,19-20,30H,5-6,11,16-18H2,1-4H3,(H,26,27)(H,28,29). The van der Waals surface area contributed by atoms with Crippen molar-refractivity contribution in [3.63, 3.8) is 0 Å².